The van der Waals surface area contributed by atoms with Gasteiger partial charge in [0.25, 0.3) is 10.1 Å². The summed E-state index contributed by atoms with van der Waals surface area (Å²) in [7, 11) is -3.58. The van der Waals surface area contributed by atoms with Gasteiger partial charge in [-0.1, -0.05) is 6.92 Å². The Kier molecular flexibility index (Phi) is 8.30. The predicted molar refractivity (Wildman–Crippen MR) is 38.4 cm³/mol. The standard InChI is InChI=1S/C4H12N2O3S.Na.H/c1-2-4(5)3-10(7,8)9-6;;/h4H,2-3,5-6H2,1H3;;/q;+1;-1. The van der Waals surface area contributed by atoms with Crippen molar-refractivity contribution < 1.29 is 43.7 Å². The number of hydrogen-bond acceptors (Lipinski definition) is 5. The molecule has 0 rings (SSSR count). The zero-order valence-corrected chi connectivity index (χ0v) is 9.60. The van der Waals surface area contributed by atoms with Gasteiger partial charge in [-0.3, -0.25) is 0 Å². The van der Waals surface area contributed by atoms with Gasteiger partial charge in [0.2, 0.25) is 0 Å². The summed E-state index contributed by atoms with van der Waals surface area (Å²) in [5.41, 5.74) is 5.32. The molecule has 0 aliphatic rings. The normalized spacial score (nSPS) is 13.7. The maximum atomic E-state index is 10.5. The maximum absolute atomic E-state index is 10.5. The first-order chi connectivity index (χ1) is 4.52. The van der Waals surface area contributed by atoms with Crippen LogP contribution in [0.25, 0.3) is 0 Å². The van der Waals surface area contributed by atoms with Crippen LogP contribution >= 0.6 is 0 Å². The first kappa shape index (κ1) is 14.4. The van der Waals surface area contributed by atoms with Crippen molar-refractivity contribution >= 4 is 10.1 Å². The molecule has 64 valence electrons. The molecule has 5 nitrogen and oxygen atoms in total. The maximum Gasteiger partial charge on any atom is 1.00 e. The van der Waals surface area contributed by atoms with E-state index in [-0.39, 0.29) is 36.7 Å². The quantitative estimate of drug-likeness (QED) is 0.350. The Bertz CT molecular complexity index is 187. The van der Waals surface area contributed by atoms with E-state index >= 15 is 0 Å². The van der Waals surface area contributed by atoms with E-state index in [2.05, 4.69) is 10.2 Å². The molecule has 0 fully saturated rings. The van der Waals surface area contributed by atoms with Gasteiger partial charge in [-0.25, -0.2) is 0 Å². The minimum atomic E-state index is -3.58. The van der Waals surface area contributed by atoms with Crippen molar-refractivity contribution in [3.63, 3.8) is 0 Å². The third-order valence-corrected chi connectivity index (χ3v) is 2.22. The zero-order chi connectivity index (χ0) is 8.20. The number of hydrogen-bond donors (Lipinski definition) is 2. The van der Waals surface area contributed by atoms with E-state index in [1.54, 1.807) is 6.92 Å². The van der Waals surface area contributed by atoms with Crippen molar-refractivity contribution in [3.05, 3.63) is 0 Å². The first-order valence-corrected chi connectivity index (χ1v) is 4.46. The number of rotatable bonds is 4. The summed E-state index contributed by atoms with van der Waals surface area (Å²) >= 11 is 0. The van der Waals surface area contributed by atoms with Crippen molar-refractivity contribution in [1.29, 1.82) is 0 Å². The van der Waals surface area contributed by atoms with E-state index in [4.69, 9.17) is 5.73 Å². The van der Waals surface area contributed by atoms with Crippen molar-refractivity contribution in [1.82, 2.24) is 0 Å². The molecule has 0 aliphatic carbocycles. The largest absolute Gasteiger partial charge is 1.00 e. The van der Waals surface area contributed by atoms with Gasteiger partial charge in [-0.2, -0.15) is 18.6 Å². The van der Waals surface area contributed by atoms with E-state index in [1.807, 2.05) is 0 Å². The fourth-order valence-electron chi connectivity index (χ4n) is 0.419. The zero-order valence-electron chi connectivity index (χ0n) is 7.78. The topological polar surface area (TPSA) is 95.4 Å². The molecule has 0 radical (unpaired) electrons. The van der Waals surface area contributed by atoms with Crippen LogP contribution in [0.5, 0.6) is 0 Å². The van der Waals surface area contributed by atoms with Crippen LogP contribution in [0.2, 0.25) is 0 Å². The van der Waals surface area contributed by atoms with Crippen LogP contribution in [0.1, 0.15) is 14.8 Å². The fraction of sp³-hybridized carbons (Fsp3) is 1.00. The Morgan fingerprint density at radius 1 is 1.64 bits per heavy atom. The van der Waals surface area contributed by atoms with Gasteiger partial charge in [-0.05, 0) is 6.42 Å². The van der Waals surface area contributed by atoms with Gasteiger partial charge in [0.1, 0.15) is 0 Å². The predicted octanol–water partition coefficient (Wildman–Crippen LogP) is -3.94. The smallest absolute Gasteiger partial charge is 1.00 e. The van der Waals surface area contributed by atoms with Crippen LogP contribution in [0.15, 0.2) is 0 Å². The second-order valence-electron chi connectivity index (χ2n) is 1.99. The average molecular weight is 192 g/mol. The second-order valence-corrected chi connectivity index (χ2v) is 3.63. The van der Waals surface area contributed by atoms with Crippen LogP contribution in [-0.4, -0.2) is 20.2 Å². The Hall–Kier alpha value is 0.830. The molecule has 0 aliphatic heterocycles. The van der Waals surface area contributed by atoms with Gasteiger partial charge >= 0.3 is 29.6 Å². The van der Waals surface area contributed by atoms with E-state index in [0.29, 0.717) is 6.42 Å². The molecule has 0 saturated heterocycles. The summed E-state index contributed by atoms with van der Waals surface area (Å²) in [5, 5.41) is 0. The van der Waals surface area contributed by atoms with Gasteiger partial charge in [0, 0.05) is 6.04 Å². The molecule has 11 heavy (non-hydrogen) atoms. The van der Waals surface area contributed by atoms with Crippen LogP contribution < -0.4 is 41.2 Å². The summed E-state index contributed by atoms with van der Waals surface area (Å²) in [5.74, 6) is 4.24. The van der Waals surface area contributed by atoms with Gasteiger partial charge in [0.05, 0.1) is 5.75 Å². The van der Waals surface area contributed by atoms with E-state index < -0.39 is 16.2 Å². The molecular formula is C4H13N2NaO3S. The van der Waals surface area contributed by atoms with Crippen molar-refractivity contribution in [2.75, 3.05) is 5.75 Å². The SMILES string of the molecule is CCC(N)CS(=O)(=O)ON.[H-].[Na+]. The molecule has 1 unspecified atom stereocenters. The fourth-order valence-corrected chi connectivity index (χ4v) is 1.26. The second kappa shape index (κ2) is 6.36. The van der Waals surface area contributed by atoms with Gasteiger partial charge < -0.3 is 7.16 Å². The molecule has 0 amide bonds. The first-order valence-electron chi connectivity index (χ1n) is 2.88. The molecule has 1 atom stereocenters. The Morgan fingerprint density at radius 3 is 2.36 bits per heavy atom. The molecule has 0 aromatic rings. The summed E-state index contributed by atoms with van der Waals surface area (Å²) in [6.45, 7) is 1.79. The van der Waals surface area contributed by atoms with E-state index in [0.717, 1.165) is 0 Å². The Balaban J connectivity index is -0.000000405. The van der Waals surface area contributed by atoms with Gasteiger partial charge in [-0.15, -0.1) is 0 Å². The molecular weight excluding hydrogens is 179 g/mol. The van der Waals surface area contributed by atoms with Crippen LogP contribution in [0.4, 0.5) is 0 Å². The summed E-state index contributed by atoms with van der Waals surface area (Å²) in [6.07, 6.45) is 0.586. The molecule has 4 N–H and O–H groups in total. The van der Waals surface area contributed by atoms with E-state index in [1.165, 1.54) is 0 Å². The minimum absolute atomic E-state index is 0. The molecule has 0 aromatic heterocycles. The monoisotopic (exact) mass is 192 g/mol. The van der Waals surface area contributed by atoms with Crippen LogP contribution in [-0.2, 0) is 14.4 Å². The molecule has 0 spiro atoms. The van der Waals surface area contributed by atoms with Crippen LogP contribution in [0, 0.1) is 0 Å². The number of nitrogens with two attached hydrogens (primary N) is 2. The molecule has 0 bridgehead atoms. The van der Waals surface area contributed by atoms with E-state index in [9.17, 15) is 8.42 Å². The van der Waals surface area contributed by atoms with Crippen molar-refractivity contribution in [2.45, 2.75) is 19.4 Å². The third-order valence-electron chi connectivity index (χ3n) is 1.09. The van der Waals surface area contributed by atoms with Crippen molar-refractivity contribution in [2.24, 2.45) is 11.6 Å². The minimum Gasteiger partial charge on any atom is -1.00 e. The summed E-state index contributed by atoms with van der Waals surface area (Å²) in [4.78, 5) is 0. The molecule has 0 heterocycles. The summed E-state index contributed by atoms with van der Waals surface area (Å²) < 4.78 is 24.8. The Morgan fingerprint density at radius 2 is 2.09 bits per heavy atom. The summed E-state index contributed by atoms with van der Waals surface area (Å²) in [6, 6.07) is -0.395. The average Bonchev–Trinajstić information content (AvgIpc) is 1.87. The Labute approximate surface area is 90.3 Å². The molecule has 7 heteroatoms. The molecule has 0 aromatic carbocycles. The van der Waals surface area contributed by atoms with Crippen LogP contribution in [0.3, 0.4) is 0 Å². The molecule has 0 saturated carbocycles. The van der Waals surface area contributed by atoms with Crippen molar-refractivity contribution in [3.8, 4) is 0 Å². The third kappa shape index (κ3) is 7.20. The van der Waals surface area contributed by atoms with Gasteiger partial charge in [0.15, 0.2) is 0 Å².